The molecule has 3 aromatic rings. The van der Waals surface area contributed by atoms with Crippen LogP contribution in [0.25, 0.3) is 10.2 Å². The summed E-state index contributed by atoms with van der Waals surface area (Å²) in [5.74, 6) is 0.761. The molecule has 0 radical (unpaired) electrons. The van der Waals surface area contributed by atoms with E-state index in [1.165, 1.54) is 23.2 Å². The van der Waals surface area contributed by atoms with Crippen molar-refractivity contribution < 1.29 is 13.2 Å². The van der Waals surface area contributed by atoms with Crippen molar-refractivity contribution in [2.45, 2.75) is 50.2 Å². The van der Waals surface area contributed by atoms with Crippen molar-refractivity contribution >= 4 is 43.2 Å². The summed E-state index contributed by atoms with van der Waals surface area (Å²) < 4.78 is 32.9. The number of nitrogens with zero attached hydrogens (tertiary/aromatic N) is 2. The molecule has 1 unspecified atom stereocenters. The lowest BCUT2D eigenvalue weighted by Crippen LogP contribution is -2.50. The maximum atomic E-state index is 11.6. The molecule has 5 rings (SSSR count). The van der Waals surface area contributed by atoms with Gasteiger partial charge >= 0.3 is 0 Å². The largest absolute Gasteiger partial charge is 0.431 e. The van der Waals surface area contributed by atoms with Gasteiger partial charge in [0.05, 0.1) is 16.0 Å². The fourth-order valence-electron chi connectivity index (χ4n) is 5.06. The summed E-state index contributed by atoms with van der Waals surface area (Å²) >= 11 is 7.69. The molecule has 2 aromatic carbocycles. The Hall–Kier alpha value is -1.71. The maximum absolute atomic E-state index is 11.6. The molecule has 170 valence electrons. The van der Waals surface area contributed by atoms with Gasteiger partial charge in [0.15, 0.2) is 0 Å². The van der Waals surface area contributed by atoms with Crippen LogP contribution in [-0.4, -0.2) is 49.2 Å². The molecule has 3 heterocycles. The molecule has 2 aliphatic rings. The van der Waals surface area contributed by atoms with Crippen molar-refractivity contribution in [1.29, 1.82) is 0 Å². The molecule has 1 N–H and O–H groups in total. The molecule has 2 fully saturated rings. The molecule has 3 atom stereocenters. The van der Waals surface area contributed by atoms with E-state index in [0.717, 1.165) is 54.6 Å². The van der Waals surface area contributed by atoms with E-state index in [1.54, 1.807) is 0 Å². The van der Waals surface area contributed by atoms with E-state index >= 15 is 0 Å². The average molecular weight is 492 g/mol. The van der Waals surface area contributed by atoms with Crippen LogP contribution in [0.3, 0.4) is 0 Å². The second-order valence-corrected chi connectivity index (χ2v) is 11.9. The zero-order valence-electron chi connectivity index (χ0n) is 17.8. The number of thiazole rings is 1. The second kappa shape index (κ2) is 8.91. The van der Waals surface area contributed by atoms with Crippen molar-refractivity contribution in [3.63, 3.8) is 0 Å². The highest BCUT2D eigenvalue weighted by Crippen LogP contribution is 2.37. The average Bonchev–Trinajstić information content (AvgIpc) is 3.25. The van der Waals surface area contributed by atoms with Gasteiger partial charge in [-0.3, -0.25) is 4.90 Å². The van der Waals surface area contributed by atoms with Crippen molar-refractivity contribution in [2.75, 3.05) is 12.8 Å². The van der Waals surface area contributed by atoms with Gasteiger partial charge in [-0.05, 0) is 61.9 Å². The first-order valence-electron chi connectivity index (χ1n) is 10.9. The first kappa shape index (κ1) is 22.1. The predicted molar refractivity (Wildman–Crippen MR) is 129 cm³/mol. The zero-order valence-corrected chi connectivity index (χ0v) is 20.2. The number of para-hydroxylation sites is 1. The van der Waals surface area contributed by atoms with Crippen molar-refractivity contribution in [3.8, 4) is 10.9 Å². The van der Waals surface area contributed by atoms with Gasteiger partial charge in [-0.1, -0.05) is 41.1 Å². The van der Waals surface area contributed by atoms with Gasteiger partial charge < -0.3 is 4.74 Å². The van der Waals surface area contributed by atoms with E-state index in [2.05, 4.69) is 26.7 Å². The minimum absolute atomic E-state index is 0.0765. The van der Waals surface area contributed by atoms with Crippen LogP contribution < -0.4 is 9.46 Å². The van der Waals surface area contributed by atoms with Crippen LogP contribution in [0.2, 0.25) is 5.02 Å². The Bertz CT molecular complexity index is 1200. The normalized spacial score (nSPS) is 23.6. The van der Waals surface area contributed by atoms with Gasteiger partial charge in [-0.25, -0.2) is 18.1 Å². The van der Waals surface area contributed by atoms with E-state index in [4.69, 9.17) is 16.3 Å². The topological polar surface area (TPSA) is 71.5 Å². The Labute approximate surface area is 197 Å². The number of rotatable bonds is 7. The molecule has 32 heavy (non-hydrogen) atoms. The molecule has 6 nitrogen and oxygen atoms in total. The number of halogens is 1. The van der Waals surface area contributed by atoms with Crippen LogP contribution in [0.1, 0.15) is 31.2 Å². The summed E-state index contributed by atoms with van der Waals surface area (Å²) in [6.45, 7) is 0.998. The van der Waals surface area contributed by atoms with E-state index in [1.807, 2.05) is 30.3 Å². The van der Waals surface area contributed by atoms with Crippen molar-refractivity contribution in [1.82, 2.24) is 14.6 Å². The van der Waals surface area contributed by atoms with Crippen LogP contribution in [0.5, 0.6) is 10.9 Å². The predicted octanol–water partition coefficient (Wildman–Crippen LogP) is 4.83. The lowest BCUT2D eigenvalue weighted by Gasteiger charge is -2.39. The Morgan fingerprint density at radius 1 is 1.16 bits per heavy atom. The molecule has 2 saturated heterocycles. The van der Waals surface area contributed by atoms with Crippen molar-refractivity contribution in [2.24, 2.45) is 0 Å². The Morgan fingerprint density at radius 3 is 2.53 bits per heavy atom. The number of aromatic nitrogens is 1. The number of sulfonamides is 1. The fraction of sp³-hybridized carbons (Fsp3) is 0.435. The summed E-state index contributed by atoms with van der Waals surface area (Å²) in [6.07, 6.45) is 6.34. The highest BCUT2D eigenvalue weighted by atomic mass is 35.5. The Balaban J connectivity index is 1.17. The maximum Gasteiger partial charge on any atom is 0.279 e. The number of hydrogen-bond acceptors (Lipinski definition) is 6. The molecule has 0 amide bonds. The quantitative estimate of drug-likeness (QED) is 0.512. The number of fused-ring (bicyclic) bond motifs is 3. The minimum atomic E-state index is -3.14. The lowest BCUT2D eigenvalue weighted by molar-refractivity contribution is 0.125. The van der Waals surface area contributed by atoms with E-state index in [9.17, 15) is 8.42 Å². The minimum Gasteiger partial charge on any atom is -0.431 e. The van der Waals surface area contributed by atoms with Crippen LogP contribution in [0, 0.1) is 0 Å². The summed E-state index contributed by atoms with van der Waals surface area (Å²) in [6, 6.07) is 14.9. The summed E-state index contributed by atoms with van der Waals surface area (Å²) in [7, 11) is -3.14. The van der Waals surface area contributed by atoms with E-state index < -0.39 is 10.0 Å². The van der Waals surface area contributed by atoms with Gasteiger partial charge in [-0.2, -0.15) is 0 Å². The van der Waals surface area contributed by atoms with Gasteiger partial charge in [-0.15, -0.1) is 0 Å². The van der Waals surface area contributed by atoms with Crippen LogP contribution in [0.4, 0.5) is 0 Å². The van der Waals surface area contributed by atoms with E-state index in [0.29, 0.717) is 22.3 Å². The smallest absolute Gasteiger partial charge is 0.279 e. The van der Waals surface area contributed by atoms with Gasteiger partial charge in [0.25, 0.3) is 5.19 Å². The Kier molecular flexibility index (Phi) is 6.15. The monoisotopic (exact) mass is 491 g/mol. The first-order chi connectivity index (χ1) is 15.3. The van der Waals surface area contributed by atoms with Crippen molar-refractivity contribution in [3.05, 3.63) is 53.1 Å². The molecule has 2 bridgehead atoms. The summed E-state index contributed by atoms with van der Waals surface area (Å²) in [4.78, 5) is 7.07. The molecule has 0 spiro atoms. The van der Waals surface area contributed by atoms with Crippen LogP contribution in [0.15, 0.2) is 42.5 Å². The van der Waals surface area contributed by atoms with Gasteiger partial charge in [0, 0.05) is 24.7 Å². The number of piperidine rings is 1. The number of hydrogen-bond donors (Lipinski definition) is 1. The molecular weight excluding hydrogens is 466 g/mol. The van der Waals surface area contributed by atoms with Crippen LogP contribution in [-0.2, 0) is 16.4 Å². The van der Waals surface area contributed by atoms with Gasteiger partial charge in [0.2, 0.25) is 10.0 Å². The fourth-order valence-corrected chi connectivity index (χ4v) is 6.99. The molecule has 0 aliphatic carbocycles. The zero-order chi connectivity index (χ0) is 22.3. The SMILES string of the molecule is CS(=O)(=O)NC1C[C@H]2CC[C@@H](C1)N2CCc1ccc(Oc2nc3c(Cl)cccc3s2)cc1. The number of benzene rings is 2. The summed E-state index contributed by atoms with van der Waals surface area (Å²) in [5, 5.41) is 1.22. The number of ether oxygens (including phenoxy) is 1. The Morgan fingerprint density at radius 2 is 1.88 bits per heavy atom. The molecule has 1 aromatic heterocycles. The first-order valence-corrected chi connectivity index (χ1v) is 14.0. The molecular formula is C23H26ClN3O3S2. The standard InChI is InChI=1S/C23H26ClN3O3S2/c1-32(28,29)26-16-13-17-7-8-18(14-16)27(17)12-11-15-5-9-19(10-6-15)30-23-25-22-20(24)3-2-4-21(22)31-23/h2-6,9-10,16-18,26H,7-8,11-14H2,1H3/t16?,17-,18+. The number of nitrogens with one attached hydrogen (secondary N) is 1. The summed E-state index contributed by atoms with van der Waals surface area (Å²) in [5.41, 5.74) is 2.04. The van der Waals surface area contributed by atoms with Gasteiger partial charge in [0.1, 0.15) is 11.3 Å². The molecule has 9 heteroatoms. The highest BCUT2D eigenvalue weighted by Gasteiger charge is 2.40. The van der Waals surface area contributed by atoms with E-state index in [-0.39, 0.29) is 6.04 Å². The molecule has 0 saturated carbocycles. The molecule has 2 aliphatic heterocycles. The lowest BCUT2D eigenvalue weighted by atomic mass is 9.97. The third kappa shape index (κ3) is 4.94. The third-order valence-corrected chi connectivity index (χ3v) is 8.37. The highest BCUT2D eigenvalue weighted by molar-refractivity contribution is 7.88. The second-order valence-electron chi connectivity index (χ2n) is 8.74. The van der Waals surface area contributed by atoms with Crippen LogP contribution >= 0.6 is 22.9 Å². The third-order valence-electron chi connectivity index (χ3n) is 6.40.